The standard InChI is InChI=1S/C16H12F3N7O2/c1-28-13(27)10-7-8(5-6-21-10)22-15-25-12(24-14(20)26-15)9-3-2-4-11(23-9)16(17,18)19/h2-7H,1H3,(H3,20,21,22,24,25,26). The molecule has 0 bridgehead atoms. The predicted octanol–water partition coefficient (Wildman–Crippen LogP) is 2.46. The molecule has 28 heavy (non-hydrogen) atoms. The Morgan fingerprint density at radius 3 is 2.64 bits per heavy atom. The van der Waals surface area contributed by atoms with E-state index in [9.17, 15) is 18.0 Å². The molecule has 0 aliphatic heterocycles. The lowest BCUT2D eigenvalue weighted by Gasteiger charge is -2.09. The summed E-state index contributed by atoms with van der Waals surface area (Å²) in [6.45, 7) is 0. The van der Waals surface area contributed by atoms with Crippen molar-refractivity contribution < 1.29 is 22.7 Å². The van der Waals surface area contributed by atoms with Gasteiger partial charge >= 0.3 is 12.1 Å². The number of ether oxygens (including phenoxy) is 1. The molecule has 0 fully saturated rings. The first-order valence-corrected chi connectivity index (χ1v) is 7.64. The molecule has 0 aliphatic carbocycles. The third-order valence-electron chi connectivity index (χ3n) is 3.33. The molecule has 0 saturated carbocycles. The van der Waals surface area contributed by atoms with Gasteiger partial charge in [-0.05, 0) is 24.3 Å². The minimum Gasteiger partial charge on any atom is -0.464 e. The lowest BCUT2D eigenvalue weighted by atomic mass is 10.3. The molecular weight excluding hydrogens is 379 g/mol. The zero-order chi connectivity index (χ0) is 20.3. The highest BCUT2D eigenvalue weighted by molar-refractivity contribution is 5.88. The number of pyridine rings is 2. The van der Waals surface area contributed by atoms with Crippen LogP contribution >= 0.6 is 0 Å². The van der Waals surface area contributed by atoms with E-state index in [0.29, 0.717) is 5.69 Å². The number of rotatable bonds is 4. The van der Waals surface area contributed by atoms with Crippen LogP contribution in [0, 0.1) is 0 Å². The number of hydrogen-bond donors (Lipinski definition) is 2. The van der Waals surface area contributed by atoms with Crippen molar-refractivity contribution in [3.05, 3.63) is 47.9 Å². The molecular formula is C16H12F3N7O2. The number of nitrogen functional groups attached to an aromatic ring is 1. The van der Waals surface area contributed by atoms with Gasteiger partial charge in [-0.3, -0.25) is 0 Å². The van der Waals surface area contributed by atoms with Gasteiger partial charge in [0.25, 0.3) is 0 Å². The van der Waals surface area contributed by atoms with Crippen LogP contribution in [0.4, 0.5) is 30.8 Å². The second-order valence-electron chi connectivity index (χ2n) is 5.29. The number of alkyl halides is 3. The summed E-state index contributed by atoms with van der Waals surface area (Å²) in [4.78, 5) is 30.7. The summed E-state index contributed by atoms with van der Waals surface area (Å²) in [5.41, 5.74) is 4.83. The summed E-state index contributed by atoms with van der Waals surface area (Å²) >= 11 is 0. The Hall–Kier alpha value is -3.83. The van der Waals surface area contributed by atoms with E-state index in [1.165, 1.54) is 37.6 Å². The van der Waals surface area contributed by atoms with Gasteiger partial charge in [0.15, 0.2) is 5.82 Å². The summed E-state index contributed by atoms with van der Waals surface area (Å²) in [6, 6.07) is 6.24. The quantitative estimate of drug-likeness (QED) is 0.644. The van der Waals surface area contributed by atoms with Crippen molar-refractivity contribution in [1.29, 1.82) is 0 Å². The second kappa shape index (κ2) is 7.42. The molecule has 0 aromatic carbocycles. The SMILES string of the molecule is COC(=O)c1cc(Nc2nc(N)nc(-c3cccc(C(F)(F)F)n3)n2)ccn1. The van der Waals surface area contributed by atoms with Gasteiger partial charge in [0.1, 0.15) is 17.1 Å². The van der Waals surface area contributed by atoms with Crippen LogP contribution in [-0.2, 0) is 10.9 Å². The molecule has 9 nitrogen and oxygen atoms in total. The van der Waals surface area contributed by atoms with Crippen molar-refractivity contribution in [2.24, 2.45) is 0 Å². The Labute approximate surface area is 155 Å². The van der Waals surface area contributed by atoms with Gasteiger partial charge in [-0.15, -0.1) is 0 Å². The van der Waals surface area contributed by atoms with E-state index in [1.807, 2.05) is 0 Å². The minimum atomic E-state index is -4.61. The van der Waals surface area contributed by atoms with E-state index in [-0.39, 0.29) is 29.1 Å². The fourth-order valence-electron chi connectivity index (χ4n) is 2.13. The molecule has 3 N–H and O–H groups in total. The normalized spacial score (nSPS) is 11.1. The smallest absolute Gasteiger partial charge is 0.433 e. The molecule has 0 radical (unpaired) electrons. The van der Waals surface area contributed by atoms with E-state index in [4.69, 9.17) is 5.73 Å². The van der Waals surface area contributed by atoms with Gasteiger partial charge in [-0.1, -0.05) is 6.07 Å². The molecule has 12 heteroatoms. The Balaban J connectivity index is 1.94. The Morgan fingerprint density at radius 1 is 1.14 bits per heavy atom. The maximum atomic E-state index is 12.9. The van der Waals surface area contributed by atoms with Gasteiger partial charge in [0, 0.05) is 11.9 Å². The fourth-order valence-corrected chi connectivity index (χ4v) is 2.13. The largest absolute Gasteiger partial charge is 0.464 e. The molecule has 144 valence electrons. The first-order valence-electron chi connectivity index (χ1n) is 7.64. The fraction of sp³-hybridized carbons (Fsp3) is 0.125. The third-order valence-corrected chi connectivity index (χ3v) is 3.33. The number of anilines is 3. The van der Waals surface area contributed by atoms with E-state index in [0.717, 1.165) is 6.07 Å². The van der Waals surface area contributed by atoms with Crippen LogP contribution in [0.3, 0.4) is 0 Å². The third kappa shape index (κ3) is 4.28. The summed E-state index contributed by atoms with van der Waals surface area (Å²) in [6.07, 6.45) is -3.26. The molecule has 0 aliphatic rings. The number of carbonyl (C=O) groups excluding carboxylic acids is 1. The monoisotopic (exact) mass is 391 g/mol. The Morgan fingerprint density at radius 2 is 1.93 bits per heavy atom. The van der Waals surface area contributed by atoms with Crippen LogP contribution in [0.25, 0.3) is 11.5 Å². The predicted molar refractivity (Wildman–Crippen MR) is 91.3 cm³/mol. The number of carbonyl (C=O) groups is 1. The van der Waals surface area contributed by atoms with Crippen molar-refractivity contribution in [2.75, 3.05) is 18.2 Å². The highest BCUT2D eigenvalue weighted by Gasteiger charge is 2.32. The van der Waals surface area contributed by atoms with Crippen LogP contribution in [0.15, 0.2) is 36.5 Å². The molecule has 3 rings (SSSR count). The average Bonchev–Trinajstić information content (AvgIpc) is 2.66. The Bertz CT molecular complexity index is 1030. The lowest BCUT2D eigenvalue weighted by molar-refractivity contribution is -0.141. The molecule has 0 amide bonds. The van der Waals surface area contributed by atoms with Crippen LogP contribution in [0.5, 0.6) is 0 Å². The lowest BCUT2D eigenvalue weighted by Crippen LogP contribution is -2.10. The summed E-state index contributed by atoms with van der Waals surface area (Å²) in [5, 5.41) is 2.78. The van der Waals surface area contributed by atoms with Crippen molar-refractivity contribution in [2.45, 2.75) is 6.18 Å². The minimum absolute atomic E-state index is 0.0364. The number of nitrogens with one attached hydrogen (secondary N) is 1. The highest BCUT2D eigenvalue weighted by Crippen LogP contribution is 2.29. The molecule has 0 atom stereocenters. The van der Waals surface area contributed by atoms with Crippen LogP contribution < -0.4 is 11.1 Å². The molecule has 0 spiro atoms. The number of esters is 1. The Kier molecular flexibility index (Phi) is 5.02. The van der Waals surface area contributed by atoms with E-state index < -0.39 is 17.8 Å². The molecule has 3 heterocycles. The number of nitrogens with two attached hydrogens (primary N) is 1. The average molecular weight is 391 g/mol. The van der Waals surface area contributed by atoms with E-state index in [1.54, 1.807) is 0 Å². The van der Waals surface area contributed by atoms with Gasteiger partial charge in [-0.25, -0.2) is 14.8 Å². The van der Waals surface area contributed by atoms with E-state index in [2.05, 4.69) is 35.0 Å². The number of halogens is 3. The van der Waals surface area contributed by atoms with Crippen molar-refractivity contribution in [1.82, 2.24) is 24.9 Å². The molecule has 3 aromatic rings. The van der Waals surface area contributed by atoms with Crippen molar-refractivity contribution >= 4 is 23.6 Å². The maximum Gasteiger partial charge on any atom is 0.433 e. The van der Waals surface area contributed by atoms with Crippen molar-refractivity contribution in [3.8, 4) is 11.5 Å². The van der Waals surface area contributed by atoms with Gasteiger partial charge < -0.3 is 15.8 Å². The number of nitrogens with zero attached hydrogens (tertiary/aromatic N) is 5. The van der Waals surface area contributed by atoms with E-state index >= 15 is 0 Å². The molecule has 0 unspecified atom stereocenters. The molecule has 0 saturated heterocycles. The second-order valence-corrected chi connectivity index (χ2v) is 5.29. The maximum absolute atomic E-state index is 12.9. The first-order chi connectivity index (χ1) is 13.3. The van der Waals surface area contributed by atoms with Gasteiger partial charge in [0.05, 0.1) is 7.11 Å². The van der Waals surface area contributed by atoms with Crippen molar-refractivity contribution in [3.63, 3.8) is 0 Å². The highest BCUT2D eigenvalue weighted by atomic mass is 19.4. The van der Waals surface area contributed by atoms with Gasteiger partial charge in [-0.2, -0.15) is 28.1 Å². The molecule has 3 aromatic heterocycles. The summed E-state index contributed by atoms with van der Waals surface area (Å²) in [5.74, 6) is -1.08. The zero-order valence-electron chi connectivity index (χ0n) is 14.2. The van der Waals surface area contributed by atoms with Gasteiger partial charge in [0.2, 0.25) is 11.9 Å². The number of aromatic nitrogens is 5. The number of methoxy groups -OCH3 is 1. The zero-order valence-corrected chi connectivity index (χ0v) is 14.2. The topological polar surface area (TPSA) is 129 Å². The first kappa shape index (κ1) is 18.9. The van der Waals surface area contributed by atoms with Crippen LogP contribution in [-0.4, -0.2) is 38.0 Å². The number of hydrogen-bond acceptors (Lipinski definition) is 9. The summed E-state index contributed by atoms with van der Waals surface area (Å²) < 4.78 is 43.2. The van der Waals surface area contributed by atoms with Crippen LogP contribution in [0.2, 0.25) is 0 Å². The summed E-state index contributed by atoms with van der Waals surface area (Å²) in [7, 11) is 1.21. The van der Waals surface area contributed by atoms with Crippen LogP contribution in [0.1, 0.15) is 16.2 Å².